The first kappa shape index (κ1) is 11.1. The van der Waals surface area contributed by atoms with Gasteiger partial charge in [0.1, 0.15) is 0 Å². The van der Waals surface area contributed by atoms with Gasteiger partial charge in [0.2, 0.25) is 10.0 Å². The molecule has 6 heteroatoms. The molecule has 1 aromatic heterocycles. The maximum absolute atomic E-state index is 11.3. The molecule has 0 atom stereocenters. The SMILES string of the molecule is CN(Cn1cnc2ccccc21)S(C)(=O)=O. The zero-order valence-corrected chi connectivity index (χ0v) is 9.98. The van der Waals surface area contributed by atoms with Gasteiger partial charge in [0.15, 0.2) is 0 Å². The summed E-state index contributed by atoms with van der Waals surface area (Å²) in [5.41, 5.74) is 1.79. The lowest BCUT2D eigenvalue weighted by molar-refractivity contribution is 0.408. The Bertz CT molecular complexity index is 603. The number of sulfonamides is 1. The van der Waals surface area contributed by atoms with Crippen LogP contribution in [0.3, 0.4) is 0 Å². The van der Waals surface area contributed by atoms with Crippen LogP contribution < -0.4 is 0 Å². The van der Waals surface area contributed by atoms with E-state index in [1.54, 1.807) is 17.9 Å². The molecular weight excluding hydrogens is 226 g/mol. The monoisotopic (exact) mass is 239 g/mol. The predicted molar refractivity (Wildman–Crippen MR) is 62.3 cm³/mol. The van der Waals surface area contributed by atoms with Crippen molar-refractivity contribution in [3.05, 3.63) is 30.6 Å². The normalized spacial score (nSPS) is 12.4. The van der Waals surface area contributed by atoms with Crippen LogP contribution in [-0.4, -0.2) is 35.6 Å². The van der Waals surface area contributed by atoms with Crippen molar-refractivity contribution >= 4 is 21.1 Å². The minimum Gasteiger partial charge on any atom is -0.316 e. The quantitative estimate of drug-likeness (QED) is 0.799. The highest BCUT2D eigenvalue weighted by atomic mass is 32.2. The van der Waals surface area contributed by atoms with E-state index in [-0.39, 0.29) is 6.67 Å². The Morgan fingerprint density at radius 2 is 2.06 bits per heavy atom. The molecule has 1 aromatic carbocycles. The van der Waals surface area contributed by atoms with Gasteiger partial charge in [-0.2, -0.15) is 4.31 Å². The third kappa shape index (κ3) is 2.07. The number of fused-ring (bicyclic) bond motifs is 1. The summed E-state index contributed by atoms with van der Waals surface area (Å²) in [5, 5.41) is 0. The molecule has 0 bridgehead atoms. The van der Waals surface area contributed by atoms with Crippen molar-refractivity contribution in [1.82, 2.24) is 13.9 Å². The molecule has 0 radical (unpaired) electrons. The Morgan fingerprint density at radius 1 is 1.38 bits per heavy atom. The molecule has 0 unspecified atom stereocenters. The Balaban J connectivity index is 2.35. The van der Waals surface area contributed by atoms with Gasteiger partial charge in [0, 0.05) is 7.05 Å². The molecule has 1 heterocycles. The number of para-hydroxylation sites is 2. The minimum absolute atomic E-state index is 0.277. The van der Waals surface area contributed by atoms with E-state index in [1.165, 1.54) is 10.6 Å². The molecule has 0 aliphatic heterocycles. The summed E-state index contributed by atoms with van der Waals surface area (Å²) in [6.07, 6.45) is 2.83. The van der Waals surface area contributed by atoms with Crippen LogP contribution in [0.4, 0.5) is 0 Å². The molecule has 0 fully saturated rings. The summed E-state index contributed by atoms with van der Waals surface area (Å²) in [5.74, 6) is 0. The molecule has 0 saturated heterocycles. The Labute approximate surface area is 94.4 Å². The van der Waals surface area contributed by atoms with E-state index in [0.717, 1.165) is 11.0 Å². The second-order valence-corrected chi connectivity index (χ2v) is 5.79. The highest BCUT2D eigenvalue weighted by molar-refractivity contribution is 7.88. The molecule has 2 rings (SSSR count). The third-order valence-electron chi connectivity index (χ3n) is 2.45. The number of hydrogen-bond acceptors (Lipinski definition) is 3. The molecule has 0 N–H and O–H groups in total. The van der Waals surface area contributed by atoms with E-state index in [0.29, 0.717) is 0 Å². The van der Waals surface area contributed by atoms with Crippen LogP contribution in [0.25, 0.3) is 11.0 Å². The van der Waals surface area contributed by atoms with Crippen LogP contribution in [0.1, 0.15) is 0 Å². The lowest BCUT2D eigenvalue weighted by Crippen LogP contribution is -2.27. The Kier molecular flexibility index (Phi) is 2.69. The third-order valence-corrected chi connectivity index (χ3v) is 3.69. The summed E-state index contributed by atoms with van der Waals surface area (Å²) in [4.78, 5) is 4.20. The number of nitrogens with zero attached hydrogens (tertiary/aromatic N) is 3. The molecule has 0 aliphatic carbocycles. The first-order valence-corrected chi connectivity index (χ1v) is 6.64. The zero-order valence-electron chi connectivity index (χ0n) is 9.16. The standard InChI is InChI=1S/C10H13N3O2S/c1-12(16(2,14)15)8-13-7-11-9-5-3-4-6-10(9)13/h3-7H,8H2,1-2H3. The number of benzene rings is 1. The van der Waals surface area contributed by atoms with Gasteiger partial charge in [-0.25, -0.2) is 13.4 Å². The fourth-order valence-electron chi connectivity index (χ4n) is 1.44. The fourth-order valence-corrected chi connectivity index (χ4v) is 1.78. The van der Waals surface area contributed by atoms with E-state index in [1.807, 2.05) is 24.3 Å². The van der Waals surface area contributed by atoms with Crippen molar-refractivity contribution in [1.29, 1.82) is 0 Å². The molecule has 16 heavy (non-hydrogen) atoms. The number of hydrogen-bond donors (Lipinski definition) is 0. The van der Waals surface area contributed by atoms with E-state index in [2.05, 4.69) is 4.98 Å². The average molecular weight is 239 g/mol. The smallest absolute Gasteiger partial charge is 0.212 e. The molecule has 0 aliphatic rings. The largest absolute Gasteiger partial charge is 0.316 e. The summed E-state index contributed by atoms with van der Waals surface area (Å²) in [6, 6.07) is 7.62. The fraction of sp³-hybridized carbons (Fsp3) is 0.300. The molecule has 86 valence electrons. The molecule has 2 aromatic rings. The lowest BCUT2D eigenvalue weighted by Gasteiger charge is -2.14. The van der Waals surface area contributed by atoms with Gasteiger partial charge in [0.05, 0.1) is 30.3 Å². The summed E-state index contributed by atoms with van der Waals surface area (Å²) in [6.45, 7) is 0.277. The van der Waals surface area contributed by atoms with E-state index >= 15 is 0 Å². The van der Waals surface area contributed by atoms with Gasteiger partial charge in [-0.3, -0.25) is 0 Å². The van der Waals surface area contributed by atoms with Crippen molar-refractivity contribution in [2.75, 3.05) is 13.3 Å². The minimum atomic E-state index is -3.16. The molecular formula is C10H13N3O2S. The van der Waals surface area contributed by atoms with Crippen molar-refractivity contribution in [2.24, 2.45) is 0 Å². The van der Waals surface area contributed by atoms with Gasteiger partial charge >= 0.3 is 0 Å². The molecule has 0 saturated carbocycles. The predicted octanol–water partition coefficient (Wildman–Crippen LogP) is 0.885. The number of aromatic nitrogens is 2. The molecule has 5 nitrogen and oxygen atoms in total. The van der Waals surface area contributed by atoms with Crippen LogP contribution in [0.5, 0.6) is 0 Å². The van der Waals surface area contributed by atoms with Gasteiger partial charge in [-0.15, -0.1) is 0 Å². The van der Waals surface area contributed by atoms with Crippen LogP contribution in [0.15, 0.2) is 30.6 Å². The lowest BCUT2D eigenvalue weighted by atomic mass is 10.3. The zero-order chi connectivity index (χ0) is 11.8. The maximum Gasteiger partial charge on any atom is 0.212 e. The van der Waals surface area contributed by atoms with E-state index < -0.39 is 10.0 Å². The number of rotatable bonds is 3. The summed E-state index contributed by atoms with van der Waals surface area (Å²) in [7, 11) is -1.62. The highest BCUT2D eigenvalue weighted by Gasteiger charge is 2.12. The van der Waals surface area contributed by atoms with E-state index in [4.69, 9.17) is 0 Å². The van der Waals surface area contributed by atoms with Crippen molar-refractivity contribution in [3.8, 4) is 0 Å². The van der Waals surface area contributed by atoms with Crippen LogP contribution >= 0.6 is 0 Å². The summed E-state index contributed by atoms with van der Waals surface area (Å²) >= 11 is 0. The van der Waals surface area contributed by atoms with E-state index in [9.17, 15) is 8.42 Å². The van der Waals surface area contributed by atoms with Gasteiger partial charge in [0.25, 0.3) is 0 Å². The van der Waals surface area contributed by atoms with Crippen molar-refractivity contribution in [2.45, 2.75) is 6.67 Å². The van der Waals surface area contributed by atoms with Crippen LogP contribution in [0, 0.1) is 0 Å². The highest BCUT2D eigenvalue weighted by Crippen LogP contribution is 2.12. The Morgan fingerprint density at radius 3 is 2.75 bits per heavy atom. The first-order valence-electron chi connectivity index (χ1n) is 4.79. The molecule has 0 amide bonds. The van der Waals surface area contributed by atoms with Crippen molar-refractivity contribution in [3.63, 3.8) is 0 Å². The van der Waals surface area contributed by atoms with Gasteiger partial charge in [-0.05, 0) is 12.1 Å². The van der Waals surface area contributed by atoms with Crippen molar-refractivity contribution < 1.29 is 8.42 Å². The van der Waals surface area contributed by atoms with Gasteiger partial charge in [-0.1, -0.05) is 12.1 Å². The van der Waals surface area contributed by atoms with Gasteiger partial charge < -0.3 is 4.57 Å². The second-order valence-electron chi connectivity index (χ2n) is 3.71. The number of imidazole rings is 1. The maximum atomic E-state index is 11.3. The van der Waals surface area contributed by atoms with Crippen LogP contribution in [0.2, 0.25) is 0 Å². The second kappa shape index (κ2) is 3.88. The molecule has 0 spiro atoms. The van der Waals surface area contributed by atoms with Crippen LogP contribution in [-0.2, 0) is 16.7 Å². The topological polar surface area (TPSA) is 55.2 Å². The first-order chi connectivity index (χ1) is 7.48. The Hall–Kier alpha value is -1.40. The average Bonchev–Trinajstić information content (AvgIpc) is 2.61. The summed E-state index contributed by atoms with van der Waals surface area (Å²) < 4.78 is 25.7.